The van der Waals surface area contributed by atoms with Gasteiger partial charge in [-0.15, -0.1) is 11.8 Å². The Labute approximate surface area is 148 Å². The molecule has 0 spiro atoms. The van der Waals surface area contributed by atoms with Crippen LogP contribution in [0.2, 0.25) is 0 Å². The third-order valence-corrected chi connectivity index (χ3v) is 5.30. The quantitative estimate of drug-likeness (QED) is 0.606. The van der Waals surface area contributed by atoms with Crippen LogP contribution < -0.4 is 5.32 Å². The second-order valence-electron chi connectivity index (χ2n) is 6.01. The van der Waals surface area contributed by atoms with Gasteiger partial charge in [-0.05, 0) is 56.3 Å². The summed E-state index contributed by atoms with van der Waals surface area (Å²) in [5.74, 6) is -0.00971. The van der Waals surface area contributed by atoms with Crippen LogP contribution in [-0.4, -0.2) is 18.1 Å². The SMILES string of the molecule is Fc1cc(C(F)(F)F)ccc1SCc1cccc(C2CCNCC2)n1. The first kappa shape index (κ1) is 18.2. The first-order valence-electron chi connectivity index (χ1n) is 8.09. The van der Waals surface area contributed by atoms with Crippen molar-refractivity contribution >= 4 is 11.8 Å². The molecule has 1 saturated heterocycles. The number of pyridine rings is 1. The van der Waals surface area contributed by atoms with Crippen molar-refractivity contribution < 1.29 is 17.6 Å². The number of benzene rings is 1. The second-order valence-corrected chi connectivity index (χ2v) is 7.03. The van der Waals surface area contributed by atoms with Gasteiger partial charge in [0.2, 0.25) is 0 Å². The van der Waals surface area contributed by atoms with Gasteiger partial charge in [0, 0.05) is 22.3 Å². The van der Waals surface area contributed by atoms with E-state index in [-0.39, 0.29) is 4.90 Å². The van der Waals surface area contributed by atoms with Crippen LogP contribution in [0.15, 0.2) is 41.3 Å². The van der Waals surface area contributed by atoms with Gasteiger partial charge in [-0.2, -0.15) is 13.2 Å². The molecule has 2 aromatic rings. The minimum Gasteiger partial charge on any atom is -0.317 e. The van der Waals surface area contributed by atoms with Gasteiger partial charge < -0.3 is 5.32 Å². The number of nitrogens with one attached hydrogen (secondary N) is 1. The van der Waals surface area contributed by atoms with E-state index in [1.807, 2.05) is 18.2 Å². The highest BCUT2D eigenvalue weighted by Gasteiger charge is 2.31. The van der Waals surface area contributed by atoms with Crippen LogP contribution in [-0.2, 0) is 11.9 Å². The van der Waals surface area contributed by atoms with Crippen LogP contribution in [0.4, 0.5) is 17.6 Å². The van der Waals surface area contributed by atoms with Crippen LogP contribution in [0, 0.1) is 5.82 Å². The van der Waals surface area contributed by atoms with Gasteiger partial charge in [0.15, 0.2) is 0 Å². The van der Waals surface area contributed by atoms with E-state index in [1.165, 1.54) is 6.07 Å². The lowest BCUT2D eigenvalue weighted by Crippen LogP contribution is -2.27. The van der Waals surface area contributed by atoms with Gasteiger partial charge in [0.25, 0.3) is 0 Å². The van der Waals surface area contributed by atoms with E-state index in [4.69, 9.17) is 0 Å². The van der Waals surface area contributed by atoms with Gasteiger partial charge in [0.1, 0.15) is 5.82 Å². The number of piperidine rings is 1. The summed E-state index contributed by atoms with van der Waals surface area (Å²) < 4.78 is 51.7. The topological polar surface area (TPSA) is 24.9 Å². The molecule has 0 aliphatic carbocycles. The van der Waals surface area contributed by atoms with Crippen molar-refractivity contribution in [3.8, 4) is 0 Å². The molecule has 0 atom stereocenters. The van der Waals surface area contributed by atoms with E-state index >= 15 is 0 Å². The molecule has 134 valence electrons. The predicted molar refractivity (Wildman–Crippen MR) is 90.0 cm³/mol. The molecule has 0 radical (unpaired) electrons. The molecule has 1 aromatic heterocycles. The Morgan fingerprint density at radius 3 is 2.56 bits per heavy atom. The van der Waals surface area contributed by atoms with Crippen molar-refractivity contribution in [2.45, 2.75) is 35.6 Å². The van der Waals surface area contributed by atoms with Crippen LogP contribution in [0.5, 0.6) is 0 Å². The van der Waals surface area contributed by atoms with Crippen molar-refractivity contribution in [1.29, 1.82) is 0 Å². The fourth-order valence-corrected chi connectivity index (χ4v) is 3.69. The summed E-state index contributed by atoms with van der Waals surface area (Å²) in [5.41, 5.74) is 0.869. The minimum atomic E-state index is -4.53. The number of rotatable bonds is 4. The maximum absolute atomic E-state index is 13.9. The molecule has 1 aliphatic rings. The fourth-order valence-electron chi connectivity index (χ4n) is 2.87. The standard InChI is InChI=1S/C18H18F4N2S/c19-15-10-13(18(20,21)22)4-5-17(15)25-11-14-2-1-3-16(24-14)12-6-8-23-9-7-12/h1-5,10,12,23H,6-9,11H2. The molecular formula is C18H18F4N2S. The predicted octanol–water partition coefficient (Wildman–Crippen LogP) is 5.00. The third-order valence-electron chi connectivity index (χ3n) is 4.22. The molecule has 0 saturated carbocycles. The van der Waals surface area contributed by atoms with Gasteiger partial charge in [-0.1, -0.05) is 6.07 Å². The highest BCUT2D eigenvalue weighted by atomic mass is 32.2. The number of halogens is 4. The first-order valence-corrected chi connectivity index (χ1v) is 9.08. The Hall–Kier alpha value is -1.60. The molecule has 3 rings (SSSR count). The summed E-state index contributed by atoms with van der Waals surface area (Å²) in [6.45, 7) is 1.95. The lowest BCUT2D eigenvalue weighted by atomic mass is 9.94. The number of thioether (sulfide) groups is 1. The summed E-state index contributed by atoms with van der Waals surface area (Å²) in [5, 5.41) is 3.31. The summed E-state index contributed by atoms with van der Waals surface area (Å²) in [6.07, 6.45) is -2.46. The van der Waals surface area contributed by atoms with Gasteiger partial charge in [-0.25, -0.2) is 4.39 Å². The van der Waals surface area contributed by atoms with Crippen LogP contribution in [0.25, 0.3) is 0 Å². The third kappa shape index (κ3) is 4.73. The van der Waals surface area contributed by atoms with E-state index in [2.05, 4.69) is 10.3 Å². The number of hydrogen-bond donors (Lipinski definition) is 1. The zero-order valence-electron chi connectivity index (χ0n) is 13.4. The lowest BCUT2D eigenvalue weighted by molar-refractivity contribution is -0.137. The molecular weight excluding hydrogens is 352 g/mol. The second kappa shape index (κ2) is 7.74. The lowest BCUT2D eigenvalue weighted by Gasteiger charge is -2.22. The van der Waals surface area contributed by atoms with E-state index in [0.717, 1.165) is 55.1 Å². The molecule has 0 bridgehead atoms. The Morgan fingerprint density at radius 2 is 1.88 bits per heavy atom. The maximum Gasteiger partial charge on any atom is 0.416 e. The Balaban J connectivity index is 1.67. The van der Waals surface area contributed by atoms with Crippen molar-refractivity contribution in [2.75, 3.05) is 13.1 Å². The van der Waals surface area contributed by atoms with Gasteiger partial charge >= 0.3 is 6.18 Å². The largest absolute Gasteiger partial charge is 0.416 e. The maximum atomic E-state index is 13.9. The smallest absolute Gasteiger partial charge is 0.317 e. The van der Waals surface area contributed by atoms with Gasteiger partial charge in [0.05, 0.1) is 11.3 Å². The molecule has 2 nitrogen and oxygen atoms in total. The van der Waals surface area contributed by atoms with Crippen molar-refractivity contribution in [3.05, 3.63) is 59.2 Å². The van der Waals surface area contributed by atoms with Crippen LogP contribution in [0.3, 0.4) is 0 Å². The highest BCUT2D eigenvalue weighted by molar-refractivity contribution is 7.98. The molecule has 25 heavy (non-hydrogen) atoms. The number of aromatic nitrogens is 1. The van der Waals surface area contributed by atoms with E-state index in [0.29, 0.717) is 17.7 Å². The van der Waals surface area contributed by atoms with E-state index in [9.17, 15) is 17.6 Å². The zero-order valence-corrected chi connectivity index (χ0v) is 14.3. The average Bonchev–Trinajstić information content (AvgIpc) is 2.61. The molecule has 0 unspecified atom stereocenters. The molecule has 0 amide bonds. The highest BCUT2D eigenvalue weighted by Crippen LogP contribution is 2.33. The monoisotopic (exact) mass is 370 g/mol. The molecule has 1 aromatic carbocycles. The summed E-state index contributed by atoms with van der Waals surface area (Å²) in [7, 11) is 0. The summed E-state index contributed by atoms with van der Waals surface area (Å²) in [6, 6.07) is 8.43. The zero-order chi connectivity index (χ0) is 17.9. The number of alkyl halides is 3. The van der Waals surface area contributed by atoms with Crippen molar-refractivity contribution in [1.82, 2.24) is 10.3 Å². The Kier molecular flexibility index (Phi) is 5.64. The number of hydrogen-bond acceptors (Lipinski definition) is 3. The van der Waals surface area contributed by atoms with E-state index < -0.39 is 17.6 Å². The van der Waals surface area contributed by atoms with Gasteiger partial charge in [-0.3, -0.25) is 4.98 Å². The average molecular weight is 370 g/mol. The molecule has 1 N–H and O–H groups in total. The molecule has 2 heterocycles. The fraction of sp³-hybridized carbons (Fsp3) is 0.389. The number of nitrogens with zero attached hydrogens (tertiary/aromatic N) is 1. The molecule has 1 aliphatic heterocycles. The minimum absolute atomic E-state index is 0.196. The van der Waals surface area contributed by atoms with E-state index in [1.54, 1.807) is 0 Å². The van der Waals surface area contributed by atoms with Crippen LogP contribution >= 0.6 is 11.8 Å². The molecule has 7 heteroatoms. The Morgan fingerprint density at radius 1 is 1.12 bits per heavy atom. The Bertz CT molecular complexity index is 727. The summed E-state index contributed by atoms with van der Waals surface area (Å²) >= 11 is 1.16. The summed E-state index contributed by atoms with van der Waals surface area (Å²) in [4.78, 5) is 4.84. The normalized spacial score (nSPS) is 16.2. The van der Waals surface area contributed by atoms with Crippen molar-refractivity contribution in [3.63, 3.8) is 0 Å². The molecule has 1 fully saturated rings. The van der Waals surface area contributed by atoms with Crippen molar-refractivity contribution in [2.24, 2.45) is 0 Å². The van der Waals surface area contributed by atoms with Crippen LogP contribution in [0.1, 0.15) is 35.7 Å². The first-order chi connectivity index (χ1) is 11.9.